The maximum atomic E-state index is 11.7. The zero-order chi connectivity index (χ0) is 11.4. The molecule has 2 rings (SSSR count). The van der Waals surface area contributed by atoms with Crippen LogP contribution in [0.3, 0.4) is 0 Å². The van der Waals surface area contributed by atoms with Gasteiger partial charge in [0.2, 0.25) is 0 Å². The van der Waals surface area contributed by atoms with Gasteiger partial charge in [-0.25, -0.2) is 0 Å². The van der Waals surface area contributed by atoms with Crippen molar-refractivity contribution < 1.29 is 4.79 Å². The molecule has 92 valence electrons. The number of rotatable bonds is 4. The average molecular weight is 223 g/mol. The van der Waals surface area contributed by atoms with Gasteiger partial charge in [-0.05, 0) is 38.6 Å². The second-order valence-corrected chi connectivity index (χ2v) is 5.49. The first kappa shape index (κ1) is 12.1. The topological polar surface area (TPSA) is 20.3 Å². The van der Waals surface area contributed by atoms with E-state index < -0.39 is 0 Å². The molecule has 2 atom stereocenters. The Morgan fingerprint density at radius 1 is 1.25 bits per heavy atom. The van der Waals surface area contributed by atoms with Crippen molar-refractivity contribution in [2.24, 2.45) is 5.92 Å². The van der Waals surface area contributed by atoms with Crippen LogP contribution in [0.15, 0.2) is 0 Å². The summed E-state index contributed by atoms with van der Waals surface area (Å²) in [6.07, 6.45) is 9.80. The van der Waals surface area contributed by atoms with E-state index in [-0.39, 0.29) is 0 Å². The smallest absolute Gasteiger partial charge is 0.137 e. The minimum Gasteiger partial charge on any atom is -0.300 e. The van der Waals surface area contributed by atoms with Crippen molar-refractivity contribution in [2.75, 3.05) is 13.1 Å². The quantitative estimate of drug-likeness (QED) is 0.730. The van der Waals surface area contributed by atoms with Gasteiger partial charge < -0.3 is 0 Å². The number of nitrogens with zero attached hydrogens (tertiary/aromatic N) is 1. The lowest BCUT2D eigenvalue weighted by Crippen LogP contribution is -2.42. The van der Waals surface area contributed by atoms with E-state index in [9.17, 15) is 4.79 Å². The minimum atomic E-state index is 0.373. The summed E-state index contributed by atoms with van der Waals surface area (Å²) in [5.41, 5.74) is 0. The molecule has 0 radical (unpaired) electrons. The predicted molar refractivity (Wildman–Crippen MR) is 66.5 cm³/mol. The SMILES string of the molecule is CCCC1CCCCN1CC1CCCC1=O. The third-order valence-electron chi connectivity index (χ3n) is 4.26. The van der Waals surface area contributed by atoms with Crippen molar-refractivity contribution in [1.29, 1.82) is 0 Å². The van der Waals surface area contributed by atoms with Crippen LogP contribution in [0.2, 0.25) is 0 Å². The molecule has 2 fully saturated rings. The van der Waals surface area contributed by atoms with Crippen molar-refractivity contribution >= 4 is 5.78 Å². The van der Waals surface area contributed by atoms with Gasteiger partial charge in [0.1, 0.15) is 5.78 Å². The van der Waals surface area contributed by atoms with E-state index in [4.69, 9.17) is 0 Å². The summed E-state index contributed by atoms with van der Waals surface area (Å²) in [5.74, 6) is 0.901. The van der Waals surface area contributed by atoms with E-state index in [0.29, 0.717) is 11.7 Å². The third kappa shape index (κ3) is 2.85. The fraction of sp³-hybridized carbons (Fsp3) is 0.929. The van der Waals surface area contributed by atoms with Crippen LogP contribution in [0.5, 0.6) is 0 Å². The Bertz CT molecular complexity index is 237. The first-order valence-corrected chi connectivity index (χ1v) is 7.08. The van der Waals surface area contributed by atoms with Gasteiger partial charge in [0.25, 0.3) is 0 Å². The molecule has 2 unspecified atom stereocenters. The average Bonchev–Trinajstić information content (AvgIpc) is 2.68. The van der Waals surface area contributed by atoms with Crippen LogP contribution < -0.4 is 0 Å². The third-order valence-corrected chi connectivity index (χ3v) is 4.26. The maximum Gasteiger partial charge on any atom is 0.137 e. The largest absolute Gasteiger partial charge is 0.300 e. The molecule has 0 aromatic rings. The molecule has 16 heavy (non-hydrogen) atoms. The Kier molecular flexibility index (Phi) is 4.39. The Labute approximate surface area is 99.4 Å². The monoisotopic (exact) mass is 223 g/mol. The minimum absolute atomic E-state index is 0.373. The summed E-state index contributed by atoms with van der Waals surface area (Å²) in [6, 6.07) is 0.771. The van der Waals surface area contributed by atoms with Crippen LogP contribution >= 0.6 is 0 Å². The Morgan fingerprint density at radius 3 is 2.81 bits per heavy atom. The lowest BCUT2D eigenvalue weighted by atomic mass is 9.96. The summed E-state index contributed by atoms with van der Waals surface area (Å²) in [7, 11) is 0. The van der Waals surface area contributed by atoms with Gasteiger partial charge in [-0.1, -0.05) is 19.8 Å². The maximum absolute atomic E-state index is 11.7. The number of ketones is 1. The van der Waals surface area contributed by atoms with E-state index in [1.165, 1.54) is 38.6 Å². The van der Waals surface area contributed by atoms with Crippen LogP contribution in [0, 0.1) is 5.92 Å². The number of carbonyl (C=O) groups excluding carboxylic acids is 1. The highest BCUT2D eigenvalue weighted by molar-refractivity contribution is 5.83. The fourth-order valence-electron chi connectivity index (χ4n) is 3.32. The fourth-order valence-corrected chi connectivity index (χ4v) is 3.32. The molecule has 0 spiro atoms. The first-order valence-electron chi connectivity index (χ1n) is 7.08. The molecule has 0 N–H and O–H groups in total. The number of hydrogen-bond donors (Lipinski definition) is 0. The Hall–Kier alpha value is -0.370. The van der Waals surface area contributed by atoms with Crippen molar-refractivity contribution in [2.45, 2.75) is 64.3 Å². The van der Waals surface area contributed by atoms with Gasteiger partial charge in [-0.2, -0.15) is 0 Å². The first-order chi connectivity index (χ1) is 7.81. The highest BCUT2D eigenvalue weighted by Crippen LogP contribution is 2.27. The van der Waals surface area contributed by atoms with Crippen LogP contribution in [0.25, 0.3) is 0 Å². The second-order valence-electron chi connectivity index (χ2n) is 5.49. The summed E-state index contributed by atoms with van der Waals surface area (Å²) >= 11 is 0. The lowest BCUT2D eigenvalue weighted by molar-refractivity contribution is -0.121. The van der Waals surface area contributed by atoms with E-state index >= 15 is 0 Å². The number of carbonyl (C=O) groups is 1. The number of Topliss-reactive ketones (excluding diaryl/α,β-unsaturated/α-hetero) is 1. The molecule has 0 aromatic heterocycles. The van der Waals surface area contributed by atoms with Crippen LogP contribution in [0.1, 0.15) is 58.3 Å². The normalized spacial score (nSPS) is 32.2. The number of hydrogen-bond acceptors (Lipinski definition) is 2. The van der Waals surface area contributed by atoms with E-state index in [1.54, 1.807) is 0 Å². The second kappa shape index (κ2) is 5.81. The molecule has 0 aromatic carbocycles. The molecular weight excluding hydrogens is 198 g/mol. The van der Waals surface area contributed by atoms with Gasteiger partial charge in [-0.15, -0.1) is 0 Å². The highest BCUT2D eigenvalue weighted by atomic mass is 16.1. The summed E-state index contributed by atoms with van der Waals surface area (Å²) in [6.45, 7) is 4.56. The Balaban J connectivity index is 1.87. The summed E-state index contributed by atoms with van der Waals surface area (Å²) < 4.78 is 0. The standard InChI is InChI=1S/C14H25NO/c1-2-6-13-8-3-4-10-15(13)11-12-7-5-9-14(12)16/h12-13H,2-11H2,1H3. The van der Waals surface area contributed by atoms with Crippen molar-refractivity contribution in [3.63, 3.8) is 0 Å². The van der Waals surface area contributed by atoms with Crippen LogP contribution in [0.4, 0.5) is 0 Å². The molecule has 2 aliphatic rings. The molecular formula is C14H25NO. The van der Waals surface area contributed by atoms with E-state index in [1.807, 2.05) is 0 Å². The van der Waals surface area contributed by atoms with Crippen molar-refractivity contribution in [1.82, 2.24) is 4.90 Å². The van der Waals surface area contributed by atoms with Crippen molar-refractivity contribution in [3.8, 4) is 0 Å². The molecule has 1 heterocycles. The predicted octanol–water partition coefficient (Wildman–Crippen LogP) is 3.01. The molecule has 0 amide bonds. The molecule has 1 aliphatic carbocycles. The number of piperidine rings is 1. The highest BCUT2D eigenvalue weighted by Gasteiger charge is 2.29. The van der Waals surface area contributed by atoms with Gasteiger partial charge >= 0.3 is 0 Å². The van der Waals surface area contributed by atoms with E-state index in [2.05, 4.69) is 11.8 Å². The van der Waals surface area contributed by atoms with Gasteiger partial charge in [0.15, 0.2) is 0 Å². The number of likely N-dealkylation sites (tertiary alicyclic amines) is 1. The molecule has 1 saturated heterocycles. The molecule has 2 heteroatoms. The summed E-state index contributed by atoms with van der Waals surface area (Å²) in [4.78, 5) is 14.3. The zero-order valence-electron chi connectivity index (χ0n) is 10.6. The molecule has 0 bridgehead atoms. The van der Waals surface area contributed by atoms with Crippen molar-refractivity contribution in [3.05, 3.63) is 0 Å². The molecule has 2 nitrogen and oxygen atoms in total. The van der Waals surface area contributed by atoms with Gasteiger partial charge in [-0.3, -0.25) is 9.69 Å². The molecule has 1 saturated carbocycles. The summed E-state index contributed by atoms with van der Waals surface area (Å²) in [5, 5.41) is 0. The lowest BCUT2D eigenvalue weighted by Gasteiger charge is -2.37. The van der Waals surface area contributed by atoms with Crippen LogP contribution in [-0.2, 0) is 4.79 Å². The van der Waals surface area contributed by atoms with Crippen LogP contribution in [-0.4, -0.2) is 29.8 Å². The zero-order valence-corrected chi connectivity index (χ0v) is 10.6. The Morgan fingerprint density at radius 2 is 2.12 bits per heavy atom. The van der Waals surface area contributed by atoms with Gasteiger partial charge in [0, 0.05) is 24.9 Å². The van der Waals surface area contributed by atoms with Gasteiger partial charge in [0.05, 0.1) is 0 Å². The van der Waals surface area contributed by atoms with E-state index in [0.717, 1.165) is 31.8 Å². The molecule has 1 aliphatic heterocycles.